The minimum absolute atomic E-state index is 0.0300. The molecule has 1 aliphatic carbocycles. The van der Waals surface area contributed by atoms with Crippen molar-refractivity contribution in [2.24, 2.45) is 12.5 Å². The Hall–Kier alpha value is -2.61. The highest BCUT2D eigenvalue weighted by Crippen LogP contribution is 2.36. The summed E-state index contributed by atoms with van der Waals surface area (Å²) < 4.78 is 7.66. The first kappa shape index (κ1) is 21.6. The monoisotopic (exact) mass is 423 g/mol. The minimum Gasteiger partial charge on any atom is -0.370 e. The zero-order chi connectivity index (χ0) is 22.0. The lowest BCUT2D eigenvalue weighted by Gasteiger charge is -2.32. The molecule has 2 aliphatic rings. The molecular formula is C23H33N7O. The number of aromatic nitrogens is 6. The molecule has 2 fully saturated rings. The number of anilines is 1. The van der Waals surface area contributed by atoms with Crippen LogP contribution in [0.3, 0.4) is 0 Å². The summed E-state index contributed by atoms with van der Waals surface area (Å²) in [7, 11) is 1.90. The van der Waals surface area contributed by atoms with E-state index in [0.29, 0.717) is 30.2 Å². The summed E-state index contributed by atoms with van der Waals surface area (Å²) >= 11 is 0. The average Bonchev–Trinajstić information content (AvgIpc) is 3.36. The molecule has 8 nitrogen and oxygen atoms in total. The number of ether oxygens (including phenoxy) is 1. The minimum atomic E-state index is -0.0300. The first-order valence-electron chi connectivity index (χ1n) is 11.1. The molecule has 0 N–H and O–H groups in total. The molecule has 1 aliphatic heterocycles. The van der Waals surface area contributed by atoms with Crippen LogP contribution in [0.25, 0.3) is 11.2 Å². The van der Waals surface area contributed by atoms with Crippen LogP contribution in [0.5, 0.6) is 0 Å². The van der Waals surface area contributed by atoms with Crippen molar-refractivity contribution in [3.63, 3.8) is 0 Å². The Labute approximate surface area is 184 Å². The van der Waals surface area contributed by atoms with Crippen molar-refractivity contribution in [1.29, 1.82) is 0 Å². The molecule has 3 aromatic rings. The molecular weight excluding hydrogens is 390 g/mol. The fourth-order valence-corrected chi connectivity index (χ4v) is 4.14. The Kier molecular flexibility index (Phi) is 6.18. The highest BCUT2D eigenvalue weighted by atomic mass is 16.5. The number of rotatable bonds is 2. The highest BCUT2D eigenvalue weighted by Gasteiger charge is 2.25. The largest absolute Gasteiger partial charge is 0.370 e. The van der Waals surface area contributed by atoms with E-state index in [1.807, 2.05) is 33.3 Å². The van der Waals surface area contributed by atoms with Gasteiger partial charge in [0.2, 0.25) is 5.95 Å². The van der Waals surface area contributed by atoms with E-state index < -0.39 is 0 Å². The molecule has 1 saturated carbocycles. The molecule has 0 aromatic carbocycles. The summed E-state index contributed by atoms with van der Waals surface area (Å²) in [4.78, 5) is 20.2. The van der Waals surface area contributed by atoms with Crippen molar-refractivity contribution in [2.75, 3.05) is 24.6 Å². The topological polar surface area (TPSA) is 81.9 Å². The average molecular weight is 424 g/mol. The first-order valence-corrected chi connectivity index (χ1v) is 11.1. The number of hydrogen-bond donors (Lipinski definition) is 0. The van der Waals surface area contributed by atoms with Gasteiger partial charge >= 0.3 is 0 Å². The van der Waals surface area contributed by atoms with E-state index in [9.17, 15) is 0 Å². The lowest BCUT2D eigenvalue weighted by Crippen LogP contribution is -2.39. The van der Waals surface area contributed by atoms with Gasteiger partial charge in [0.05, 0.1) is 36.9 Å². The zero-order valence-corrected chi connectivity index (χ0v) is 19.3. The summed E-state index contributed by atoms with van der Waals surface area (Å²) in [6, 6.07) is 0. The van der Waals surface area contributed by atoms with Gasteiger partial charge in [0.1, 0.15) is 11.6 Å². The van der Waals surface area contributed by atoms with Crippen molar-refractivity contribution in [3.05, 3.63) is 35.5 Å². The second kappa shape index (κ2) is 8.86. The van der Waals surface area contributed by atoms with Gasteiger partial charge in [0, 0.05) is 25.4 Å². The van der Waals surface area contributed by atoms with Crippen molar-refractivity contribution in [1.82, 2.24) is 29.7 Å². The normalized spacial score (nSPS) is 20.5. The molecule has 8 heteroatoms. The number of aryl methyl sites for hydroxylation is 3. The van der Waals surface area contributed by atoms with Gasteiger partial charge in [-0.1, -0.05) is 26.7 Å². The van der Waals surface area contributed by atoms with Crippen molar-refractivity contribution < 1.29 is 4.74 Å². The molecule has 0 amide bonds. The van der Waals surface area contributed by atoms with E-state index in [2.05, 4.69) is 43.8 Å². The highest BCUT2D eigenvalue weighted by molar-refractivity contribution is 5.70. The quantitative estimate of drug-likeness (QED) is 0.617. The Balaban J connectivity index is 0.000000282. The Bertz CT molecular complexity index is 1040. The van der Waals surface area contributed by atoms with Crippen LogP contribution >= 0.6 is 0 Å². The molecule has 0 bridgehead atoms. The van der Waals surface area contributed by atoms with Gasteiger partial charge in [-0.15, -0.1) is 0 Å². The standard InChI is InChI=1S/C16H19N7O.C7H14/c1-10-11(2)20-15-13(19-10)7-17-16(21-15)23-4-5-24-14(9-23)12-6-18-22(3)8-12;1-7(2)5-3-4-6-7/h6-8,14H,4-5,9H2,1-3H3;3-6H2,1-2H3. The van der Waals surface area contributed by atoms with E-state index >= 15 is 0 Å². The van der Waals surface area contributed by atoms with E-state index in [1.54, 1.807) is 10.9 Å². The van der Waals surface area contributed by atoms with Crippen LogP contribution < -0.4 is 4.90 Å². The summed E-state index contributed by atoms with van der Waals surface area (Å²) in [5, 5.41) is 4.22. The smallest absolute Gasteiger partial charge is 0.227 e. The van der Waals surface area contributed by atoms with Crippen LogP contribution in [0.15, 0.2) is 18.6 Å². The van der Waals surface area contributed by atoms with E-state index in [-0.39, 0.29) is 6.10 Å². The first-order chi connectivity index (χ1) is 14.8. The maximum atomic E-state index is 5.87. The van der Waals surface area contributed by atoms with Crippen LogP contribution in [0.4, 0.5) is 5.95 Å². The fraction of sp³-hybridized carbons (Fsp3) is 0.609. The second-order valence-electron chi connectivity index (χ2n) is 9.40. The van der Waals surface area contributed by atoms with Crippen molar-refractivity contribution in [2.45, 2.75) is 59.5 Å². The summed E-state index contributed by atoms with van der Waals surface area (Å²) in [5.74, 6) is 0.664. The third-order valence-electron chi connectivity index (χ3n) is 6.23. The SMILES string of the molecule is CC1(C)CCCC1.Cc1nc2cnc(N3CCOC(c4cnn(C)c4)C3)nc2nc1C. The van der Waals surface area contributed by atoms with Crippen LogP contribution in [0, 0.1) is 19.3 Å². The Morgan fingerprint density at radius 1 is 1.03 bits per heavy atom. The molecule has 1 unspecified atom stereocenters. The molecule has 31 heavy (non-hydrogen) atoms. The molecule has 1 saturated heterocycles. The van der Waals surface area contributed by atoms with Gasteiger partial charge in [-0.25, -0.2) is 15.0 Å². The van der Waals surface area contributed by atoms with Crippen LogP contribution in [0.2, 0.25) is 0 Å². The van der Waals surface area contributed by atoms with Gasteiger partial charge in [-0.2, -0.15) is 10.1 Å². The maximum Gasteiger partial charge on any atom is 0.227 e. The summed E-state index contributed by atoms with van der Waals surface area (Å²) in [6.45, 7) is 10.7. The Morgan fingerprint density at radius 2 is 1.77 bits per heavy atom. The van der Waals surface area contributed by atoms with Gasteiger partial charge in [0.25, 0.3) is 0 Å². The molecule has 1 atom stereocenters. The third-order valence-corrected chi connectivity index (χ3v) is 6.23. The Morgan fingerprint density at radius 3 is 2.42 bits per heavy atom. The number of nitrogens with zero attached hydrogens (tertiary/aromatic N) is 7. The zero-order valence-electron chi connectivity index (χ0n) is 19.3. The predicted molar refractivity (Wildman–Crippen MR) is 121 cm³/mol. The van der Waals surface area contributed by atoms with Gasteiger partial charge in [-0.05, 0) is 32.1 Å². The summed E-state index contributed by atoms with van der Waals surface area (Å²) in [6.07, 6.45) is 11.4. The van der Waals surface area contributed by atoms with Crippen molar-refractivity contribution in [3.8, 4) is 0 Å². The molecule has 5 rings (SSSR count). The number of hydrogen-bond acceptors (Lipinski definition) is 7. The number of morpholine rings is 1. The van der Waals surface area contributed by atoms with E-state index in [4.69, 9.17) is 4.74 Å². The van der Waals surface area contributed by atoms with Crippen LogP contribution in [-0.2, 0) is 11.8 Å². The van der Waals surface area contributed by atoms with Gasteiger partial charge in [0.15, 0.2) is 5.65 Å². The summed E-state index contributed by atoms with van der Waals surface area (Å²) in [5.41, 5.74) is 4.91. The van der Waals surface area contributed by atoms with E-state index in [0.717, 1.165) is 29.0 Å². The second-order valence-corrected chi connectivity index (χ2v) is 9.40. The van der Waals surface area contributed by atoms with Crippen LogP contribution in [0.1, 0.15) is 62.6 Å². The molecule has 4 heterocycles. The van der Waals surface area contributed by atoms with Crippen LogP contribution in [-0.4, -0.2) is 49.4 Å². The lowest BCUT2D eigenvalue weighted by molar-refractivity contribution is 0.0392. The maximum absolute atomic E-state index is 5.87. The van der Waals surface area contributed by atoms with Gasteiger partial charge in [-0.3, -0.25) is 4.68 Å². The molecule has 0 radical (unpaired) electrons. The lowest BCUT2D eigenvalue weighted by atomic mass is 9.92. The molecule has 0 spiro atoms. The van der Waals surface area contributed by atoms with Crippen molar-refractivity contribution >= 4 is 17.1 Å². The van der Waals surface area contributed by atoms with Gasteiger partial charge < -0.3 is 9.64 Å². The predicted octanol–water partition coefficient (Wildman–Crippen LogP) is 3.93. The molecule has 3 aromatic heterocycles. The molecule has 166 valence electrons. The third kappa shape index (κ3) is 5.18. The fourth-order valence-electron chi connectivity index (χ4n) is 4.14. The van der Waals surface area contributed by atoms with E-state index in [1.165, 1.54) is 25.7 Å². The number of fused-ring (bicyclic) bond motifs is 1.